The zero-order valence-electron chi connectivity index (χ0n) is 24.7. The van der Waals surface area contributed by atoms with Crippen LogP contribution < -0.4 is 4.74 Å². The third-order valence-electron chi connectivity index (χ3n) is 7.24. The number of hydrogen-bond acceptors (Lipinski definition) is 9. The van der Waals surface area contributed by atoms with Gasteiger partial charge < -0.3 is 28.7 Å². The summed E-state index contributed by atoms with van der Waals surface area (Å²) in [6.45, 7) is 9.62. The number of carbonyl (C=O) groups excluding carboxylic acids is 5. The minimum absolute atomic E-state index is 0.0105. The van der Waals surface area contributed by atoms with Gasteiger partial charge in [-0.15, -0.1) is 0 Å². The van der Waals surface area contributed by atoms with E-state index in [1.807, 2.05) is 0 Å². The highest BCUT2D eigenvalue weighted by molar-refractivity contribution is 5.99. The number of hydrogen-bond donors (Lipinski definition) is 0. The lowest BCUT2D eigenvalue weighted by Crippen LogP contribution is -2.46. The number of piperidine rings is 2. The average Bonchev–Trinajstić information content (AvgIpc) is 2.92. The van der Waals surface area contributed by atoms with Gasteiger partial charge in [0.1, 0.15) is 5.75 Å². The van der Waals surface area contributed by atoms with Crippen LogP contribution in [0, 0.1) is 17.3 Å². The molecule has 1 aromatic carbocycles. The molecule has 0 radical (unpaired) electrons. The van der Waals surface area contributed by atoms with E-state index in [-0.39, 0.29) is 36.9 Å². The molecule has 2 amide bonds. The Hall–Kier alpha value is -3.63. The van der Waals surface area contributed by atoms with Crippen LogP contribution in [0.5, 0.6) is 5.75 Å². The van der Waals surface area contributed by atoms with Crippen molar-refractivity contribution in [3.63, 3.8) is 0 Å². The van der Waals surface area contributed by atoms with Crippen molar-refractivity contribution >= 4 is 29.7 Å². The van der Waals surface area contributed by atoms with Crippen LogP contribution in [-0.2, 0) is 28.6 Å². The molecule has 2 saturated heterocycles. The lowest BCUT2D eigenvalue weighted by molar-refractivity contribution is -0.162. The van der Waals surface area contributed by atoms with Crippen molar-refractivity contribution in [2.24, 2.45) is 17.3 Å². The van der Waals surface area contributed by atoms with E-state index in [2.05, 4.69) is 0 Å². The van der Waals surface area contributed by atoms with E-state index in [0.717, 1.165) is 19.3 Å². The maximum Gasteiger partial charge on any atom is 0.412 e. The monoisotopic (exact) mass is 574 g/mol. The molecular formula is C30H42N2O9. The largest absolute Gasteiger partial charge is 0.482 e. The number of ketones is 1. The van der Waals surface area contributed by atoms with Crippen molar-refractivity contribution in [1.29, 1.82) is 0 Å². The molecule has 0 aromatic heterocycles. The first kappa shape index (κ1) is 31.9. The number of rotatable bonds is 10. The fourth-order valence-corrected chi connectivity index (χ4v) is 4.91. The molecule has 0 N–H and O–H groups in total. The number of nitrogens with zero attached hydrogens (tertiary/aromatic N) is 2. The fraction of sp³-hybridized carbons (Fsp3) is 0.633. The maximum absolute atomic E-state index is 12.9. The molecule has 0 spiro atoms. The van der Waals surface area contributed by atoms with E-state index in [1.165, 1.54) is 0 Å². The molecule has 41 heavy (non-hydrogen) atoms. The predicted octanol–water partition coefficient (Wildman–Crippen LogP) is 3.83. The molecule has 2 fully saturated rings. The van der Waals surface area contributed by atoms with Gasteiger partial charge in [-0.25, -0.2) is 9.59 Å². The second-order valence-corrected chi connectivity index (χ2v) is 11.9. The van der Waals surface area contributed by atoms with Crippen LogP contribution in [0.25, 0.3) is 0 Å². The second kappa shape index (κ2) is 14.3. The average molecular weight is 575 g/mol. The van der Waals surface area contributed by atoms with E-state index in [9.17, 15) is 24.0 Å². The van der Waals surface area contributed by atoms with Gasteiger partial charge in [0.15, 0.2) is 12.4 Å². The third-order valence-corrected chi connectivity index (χ3v) is 7.24. The zero-order chi connectivity index (χ0) is 30.2. The predicted molar refractivity (Wildman–Crippen MR) is 148 cm³/mol. The molecule has 1 atom stereocenters. The van der Waals surface area contributed by atoms with Crippen molar-refractivity contribution in [2.45, 2.75) is 66.4 Å². The number of esters is 2. The summed E-state index contributed by atoms with van der Waals surface area (Å²) in [4.78, 5) is 64.7. The van der Waals surface area contributed by atoms with Gasteiger partial charge in [0, 0.05) is 31.6 Å². The highest BCUT2D eigenvalue weighted by Crippen LogP contribution is 2.33. The Labute approximate surface area is 241 Å². The number of carbonyl (C=O) groups is 5. The van der Waals surface area contributed by atoms with Crippen LogP contribution in [0.1, 0.15) is 70.7 Å². The van der Waals surface area contributed by atoms with Crippen molar-refractivity contribution in [2.75, 3.05) is 39.6 Å². The number of ether oxygens (including phenoxy) is 4. The van der Waals surface area contributed by atoms with Crippen LogP contribution in [0.2, 0.25) is 0 Å². The topological polar surface area (TPSA) is 129 Å². The SMILES string of the molecule is CC(C)OC(=O)COc1ccc(C(=O)CN2CCC(C3CCN(C(=O)OCOC(=O)C(C)(C)C)CC3)CC2=O)cc1. The summed E-state index contributed by atoms with van der Waals surface area (Å²) in [5.41, 5.74) is -0.206. The minimum Gasteiger partial charge on any atom is -0.482 e. The van der Waals surface area contributed by atoms with Gasteiger partial charge in [0.25, 0.3) is 0 Å². The standard InChI is InChI=1S/C30H42N2O9/c1-20(2)41-27(35)18-38-24-8-6-22(7-9-24)25(33)17-32-15-12-23(16-26(32)34)21-10-13-31(14-11-21)29(37)40-19-39-28(36)30(3,4)5/h6-9,20-21,23H,10-19H2,1-5H3. The molecule has 3 rings (SSSR count). The van der Waals surface area contributed by atoms with E-state index < -0.39 is 30.2 Å². The Bertz CT molecular complexity index is 1090. The summed E-state index contributed by atoms with van der Waals surface area (Å²) in [5, 5.41) is 0. The Morgan fingerprint density at radius 2 is 1.56 bits per heavy atom. The van der Waals surface area contributed by atoms with Gasteiger partial charge >= 0.3 is 18.0 Å². The van der Waals surface area contributed by atoms with Crippen molar-refractivity contribution in [3.05, 3.63) is 29.8 Å². The molecule has 0 bridgehead atoms. The summed E-state index contributed by atoms with van der Waals surface area (Å²) < 4.78 is 20.5. The molecule has 226 valence electrons. The summed E-state index contributed by atoms with van der Waals surface area (Å²) in [6.07, 6.45) is 1.97. The van der Waals surface area contributed by atoms with Crippen LogP contribution in [-0.4, -0.2) is 85.2 Å². The lowest BCUT2D eigenvalue weighted by atomic mass is 9.78. The molecular weight excluding hydrogens is 532 g/mol. The highest BCUT2D eigenvalue weighted by Gasteiger charge is 2.35. The summed E-state index contributed by atoms with van der Waals surface area (Å²) in [7, 11) is 0. The minimum atomic E-state index is -0.668. The molecule has 0 aliphatic carbocycles. The maximum atomic E-state index is 12.9. The van der Waals surface area contributed by atoms with Gasteiger partial charge in [0.05, 0.1) is 18.1 Å². The molecule has 2 heterocycles. The van der Waals surface area contributed by atoms with Gasteiger partial charge in [-0.2, -0.15) is 0 Å². The molecule has 2 aliphatic heterocycles. The third kappa shape index (κ3) is 9.75. The van der Waals surface area contributed by atoms with Crippen LogP contribution in [0.4, 0.5) is 4.79 Å². The Balaban J connectivity index is 1.38. The van der Waals surface area contributed by atoms with Crippen molar-refractivity contribution in [3.8, 4) is 5.75 Å². The number of likely N-dealkylation sites (tertiary alicyclic amines) is 2. The second-order valence-electron chi connectivity index (χ2n) is 11.9. The molecule has 1 unspecified atom stereocenters. The summed E-state index contributed by atoms with van der Waals surface area (Å²) in [5.74, 6) is -0.146. The van der Waals surface area contributed by atoms with Gasteiger partial charge in [0.2, 0.25) is 12.7 Å². The van der Waals surface area contributed by atoms with Crippen LogP contribution in [0.15, 0.2) is 24.3 Å². The summed E-state index contributed by atoms with van der Waals surface area (Å²) in [6, 6.07) is 6.47. The normalized spacial score (nSPS) is 18.2. The summed E-state index contributed by atoms with van der Waals surface area (Å²) >= 11 is 0. The molecule has 0 saturated carbocycles. The van der Waals surface area contributed by atoms with Crippen LogP contribution >= 0.6 is 0 Å². The number of amides is 2. The number of Topliss-reactive ketones (excluding diaryl/α,β-unsaturated/α-hetero) is 1. The van der Waals surface area contributed by atoms with Crippen LogP contribution in [0.3, 0.4) is 0 Å². The first-order chi connectivity index (χ1) is 19.3. The van der Waals surface area contributed by atoms with Gasteiger partial charge in [-0.1, -0.05) is 0 Å². The van der Waals surface area contributed by atoms with Gasteiger partial charge in [-0.3, -0.25) is 14.4 Å². The zero-order valence-corrected chi connectivity index (χ0v) is 24.7. The van der Waals surface area contributed by atoms with Crippen molar-refractivity contribution < 1.29 is 42.9 Å². The molecule has 2 aliphatic rings. The molecule has 1 aromatic rings. The van der Waals surface area contributed by atoms with E-state index in [0.29, 0.717) is 43.3 Å². The molecule has 11 nitrogen and oxygen atoms in total. The Kier molecular flexibility index (Phi) is 11.1. The lowest BCUT2D eigenvalue weighted by Gasteiger charge is -2.39. The first-order valence-corrected chi connectivity index (χ1v) is 14.2. The Morgan fingerprint density at radius 1 is 0.927 bits per heavy atom. The highest BCUT2D eigenvalue weighted by atomic mass is 16.7. The number of benzene rings is 1. The van der Waals surface area contributed by atoms with Crippen molar-refractivity contribution in [1.82, 2.24) is 9.80 Å². The Morgan fingerprint density at radius 3 is 2.15 bits per heavy atom. The van der Waals surface area contributed by atoms with E-state index in [4.69, 9.17) is 18.9 Å². The van der Waals surface area contributed by atoms with E-state index in [1.54, 1.807) is 68.7 Å². The smallest absolute Gasteiger partial charge is 0.412 e. The fourth-order valence-electron chi connectivity index (χ4n) is 4.91. The van der Waals surface area contributed by atoms with Gasteiger partial charge in [-0.05, 0) is 90.0 Å². The van der Waals surface area contributed by atoms with E-state index >= 15 is 0 Å². The first-order valence-electron chi connectivity index (χ1n) is 14.2. The quantitative estimate of drug-likeness (QED) is 0.233. The molecule has 11 heteroatoms.